The molecule has 0 saturated carbocycles. The first-order valence-corrected chi connectivity index (χ1v) is 7.05. The van der Waals surface area contributed by atoms with Crippen LogP contribution in [-0.2, 0) is 4.79 Å². The Morgan fingerprint density at radius 2 is 2.00 bits per heavy atom. The molecule has 1 aromatic carbocycles. The van der Waals surface area contributed by atoms with Gasteiger partial charge >= 0.3 is 0 Å². The standard InChI is InChI=1S/C15H22N2O3/c1-12(19)17-8-6-14(7-9-17)16-13-2-4-15(5-3-13)20-11-10-18/h2-5,14,16,18H,6-11H2,1H3. The SMILES string of the molecule is CC(=O)N1CCC(Nc2ccc(OCCO)cc2)CC1. The normalized spacial score (nSPS) is 16.0. The number of nitrogens with one attached hydrogen (secondary N) is 1. The monoisotopic (exact) mass is 278 g/mol. The van der Waals surface area contributed by atoms with Gasteiger partial charge in [-0.1, -0.05) is 0 Å². The van der Waals surface area contributed by atoms with Crippen LogP contribution in [0.4, 0.5) is 5.69 Å². The molecule has 5 heteroatoms. The Labute approximate surface area is 119 Å². The van der Waals surface area contributed by atoms with Gasteiger partial charge in [-0.2, -0.15) is 0 Å². The van der Waals surface area contributed by atoms with Gasteiger partial charge in [0, 0.05) is 31.7 Å². The molecule has 1 aromatic rings. The first-order valence-electron chi connectivity index (χ1n) is 7.05. The van der Waals surface area contributed by atoms with Gasteiger partial charge in [-0.15, -0.1) is 0 Å². The molecule has 0 radical (unpaired) electrons. The van der Waals surface area contributed by atoms with Crippen molar-refractivity contribution >= 4 is 11.6 Å². The van der Waals surface area contributed by atoms with Gasteiger partial charge in [0.25, 0.3) is 0 Å². The quantitative estimate of drug-likeness (QED) is 0.856. The van der Waals surface area contributed by atoms with Crippen molar-refractivity contribution in [3.63, 3.8) is 0 Å². The molecule has 2 N–H and O–H groups in total. The highest BCUT2D eigenvalue weighted by molar-refractivity contribution is 5.73. The number of ether oxygens (including phenoxy) is 1. The van der Waals surface area contributed by atoms with Crippen LogP contribution >= 0.6 is 0 Å². The molecule has 1 saturated heterocycles. The molecule has 5 nitrogen and oxygen atoms in total. The molecule has 1 amide bonds. The van der Waals surface area contributed by atoms with Crippen molar-refractivity contribution in [3.8, 4) is 5.75 Å². The second-order valence-electron chi connectivity index (χ2n) is 5.02. The van der Waals surface area contributed by atoms with Gasteiger partial charge in [0.15, 0.2) is 0 Å². The van der Waals surface area contributed by atoms with E-state index < -0.39 is 0 Å². The molecule has 0 aromatic heterocycles. The summed E-state index contributed by atoms with van der Waals surface area (Å²) < 4.78 is 5.32. The summed E-state index contributed by atoms with van der Waals surface area (Å²) in [5, 5.41) is 12.2. The number of carbonyl (C=O) groups excluding carboxylic acids is 1. The van der Waals surface area contributed by atoms with E-state index in [0.29, 0.717) is 12.6 Å². The first kappa shape index (κ1) is 14.7. The van der Waals surface area contributed by atoms with E-state index in [1.54, 1.807) is 6.92 Å². The Morgan fingerprint density at radius 3 is 2.55 bits per heavy atom. The van der Waals surface area contributed by atoms with Gasteiger partial charge in [0.05, 0.1) is 6.61 Å². The van der Waals surface area contributed by atoms with E-state index in [1.807, 2.05) is 29.2 Å². The third kappa shape index (κ3) is 4.13. The lowest BCUT2D eigenvalue weighted by Crippen LogP contribution is -2.41. The van der Waals surface area contributed by atoms with Crippen LogP contribution < -0.4 is 10.1 Å². The molecule has 0 bridgehead atoms. The minimum Gasteiger partial charge on any atom is -0.491 e. The van der Waals surface area contributed by atoms with Crippen molar-refractivity contribution in [1.82, 2.24) is 4.90 Å². The molecule has 0 spiro atoms. The summed E-state index contributed by atoms with van der Waals surface area (Å²) in [5.41, 5.74) is 1.06. The van der Waals surface area contributed by atoms with E-state index in [4.69, 9.17) is 9.84 Å². The molecular weight excluding hydrogens is 256 g/mol. The predicted octanol–water partition coefficient (Wildman–Crippen LogP) is 1.48. The Kier molecular flexibility index (Phi) is 5.24. The molecule has 1 aliphatic heterocycles. The van der Waals surface area contributed by atoms with Gasteiger partial charge in [-0.3, -0.25) is 4.79 Å². The van der Waals surface area contributed by atoms with Gasteiger partial charge in [0.2, 0.25) is 5.91 Å². The number of nitrogens with zero attached hydrogens (tertiary/aromatic N) is 1. The average Bonchev–Trinajstić information content (AvgIpc) is 2.47. The number of aliphatic hydroxyl groups excluding tert-OH is 1. The second-order valence-corrected chi connectivity index (χ2v) is 5.02. The largest absolute Gasteiger partial charge is 0.491 e. The van der Waals surface area contributed by atoms with Crippen LogP contribution in [-0.4, -0.2) is 48.3 Å². The number of amides is 1. The topological polar surface area (TPSA) is 61.8 Å². The first-order chi connectivity index (χ1) is 9.69. The summed E-state index contributed by atoms with van der Waals surface area (Å²) >= 11 is 0. The smallest absolute Gasteiger partial charge is 0.219 e. The van der Waals surface area contributed by atoms with Crippen LogP contribution in [0.25, 0.3) is 0 Å². The maximum Gasteiger partial charge on any atom is 0.219 e. The van der Waals surface area contributed by atoms with Crippen molar-refractivity contribution < 1.29 is 14.6 Å². The van der Waals surface area contributed by atoms with Crippen LogP contribution in [0.3, 0.4) is 0 Å². The zero-order chi connectivity index (χ0) is 14.4. The Balaban J connectivity index is 1.80. The number of rotatable bonds is 5. The zero-order valence-corrected chi connectivity index (χ0v) is 11.8. The van der Waals surface area contributed by atoms with Crippen LogP contribution in [0.5, 0.6) is 5.75 Å². The van der Waals surface area contributed by atoms with Crippen molar-refractivity contribution in [2.24, 2.45) is 0 Å². The van der Waals surface area contributed by atoms with Crippen molar-refractivity contribution in [3.05, 3.63) is 24.3 Å². The molecule has 2 rings (SSSR count). The summed E-state index contributed by atoms with van der Waals surface area (Å²) in [5.74, 6) is 0.921. The number of anilines is 1. The van der Waals surface area contributed by atoms with Crippen LogP contribution in [0, 0.1) is 0 Å². The van der Waals surface area contributed by atoms with Crippen LogP contribution in [0.15, 0.2) is 24.3 Å². The van der Waals surface area contributed by atoms with E-state index in [2.05, 4.69) is 5.32 Å². The molecular formula is C15H22N2O3. The highest BCUT2D eigenvalue weighted by atomic mass is 16.5. The molecule has 1 aliphatic rings. The highest BCUT2D eigenvalue weighted by Gasteiger charge is 2.20. The van der Waals surface area contributed by atoms with E-state index >= 15 is 0 Å². The minimum atomic E-state index is 0.0225. The molecule has 20 heavy (non-hydrogen) atoms. The number of likely N-dealkylation sites (tertiary alicyclic amines) is 1. The fourth-order valence-electron chi connectivity index (χ4n) is 2.39. The Morgan fingerprint density at radius 1 is 1.35 bits per heavy atom. The third-order valence-electron chi connectivity index (χ3n) is 3.53. The lowest BCUT2D eigenvalue weighted by Gasteiger charge is -2.32. The minimum absolute atomic E-state index is 0.0225. The van der Waals surface area contributed by atoms with Crippen molar-refractivity contribution in [2.75, 3.05) is 31.6 Å². The fraction of sp³-hybridized carbons (Fsp3) is 0.533. The molecule has 0 atom stereocenters. The molecule has 0 aliphatic carbocycles. The Bertz CT molecular complexity index is 425. The Hall–Kier alpha value is -1.75. The van der Waals surface area contributed by atoms with Crippen molar-refractivity contribution in [2.45, 2.75) is 25.8 Å². The van der Waals surface area contributed by atoms with E-state index in [0.717, 1.165) is 37.4 Å². The molecule has 1 heterocycles. The maximum atomic E-state index is 11.3. The summed E-state index contributed by atoms with van der Waals surface area (Å²) in [7, 11) is 0. The molecule has 0 unspecified atom stereocenters. The van der Waals surface area contributed by atoms with Crippen LogP contribution in [0.1, 0.15) is 19.8 Å². The number of piperidine rings is 1. The van der Waals surface area contributed by atoms with E-state index in [1.165, 1.54) is 0 Å². The van der Waals surface area contributed by atoms with Crippen LogP contribution in [0.2, 0.25) is 0 Å². The summed E-state index contributed by atoms with van der Waals surface area (Å²) in [6.07, 6.45) is 1.95. The number of hydrogen-bond donors (Lipinski definition) is 2. The maximum absolute atomic E-state index is 11.3. The number of hydrogen-bond acceptors (Lipinski definition) is 4. The summed E-state index contributed by atoms with van der Waals surface area (Å²) in [6, 6.07) is 8.15. The summed E-state index contributed by atoms with van der Waals surface area (Å²) in [6.45, 7) is 3.61. The van der Waals surface area contributed by atoms with Crippen molar-refractivity contribution in [1.29, 1.82) is 0 Å². The summed E-state index contributed by atoms with van der Waals surface area (Å²) in [4.78, 5) is 13.2. The predicted molar refractivity (Wildman–Crippen MR) is 77.9 cm³/mol. The average molecular weight is 278 g/mol. The number of aliphatic hydroxyl groups is 1. The lowest BCUT2D eigenvalue weighted by atomic mass is 10.0. The second kappa shape index (κ2) is 7.14. The van der Waals surface area contributed by atoms with Gasteiger partial charge in [-0.05, 0) is 37.1 Å². The molecule has 1 fully saturated rings. The van der Waals surface area contributed by atoms with Gasteiger partial charge in [-0.25, -0.2) is 0 Å². The lowest BCUT2D eigenvalue weighted by molar-refractivity contribution is -0.129. The van der Waals surface area contributed by atoms with Gasteiger partial charge in [0.1, 0.15) is 12.4 Å². The fourth-order valence-corrected chi connectivity index (χ4v) is 2.39. The molecule has 110 valence electrons. The highest BCUT2D eigenvalue weighted by Crippen LogP contribution is 2.19. The number of benzene rings is 1. The third-order valence-corrected chi connectivity index (χ3v) is 3.53. The van der Waals surface area contributed by atoms with E-state index in [9.17, 15) is 4.79 Å². The van der Waals surface area contributed by atoms with Gasteiger partial charge < -0.3 is 20.1 Å². The van der Waals surface area contributed by atoms with E-state index in [-0.39, 0.29) is 12.5 Å². The zero-order valence-electron chi connectivity index (χ0n) is 11.8. The number of carbonyl (C=O) groups is 1.